The molecular weight excluding hydrogens is 358 g/mol. The fraction of sp³-hybridized carbons (Fsp3) is 0.136. The molecule has 0 bridgehead atoms. The highest BCUT2D eigenvalue weighted by Crippen LogP contribution is 2.19. The first-order valence-electron chi connectivity index (χ1n) is 8.87. The highest BCUT2D eigenvalue weighted by atomic mass is 35.5. The van der Waals surface area contributed by atoms with E-state index in [9.17, 15) is 0 Å². The van der Waals surface area contributed by atoms with Crippen LogP contribution in [0.4, 0.5) is 0 Å². The van der Waals surface area contributed by atoms with E-state index in [1.165, 1.54) is 5.56 Å². The first-order chi connectivity index (χ1) is 13.3. The Kier molecular flexibility index (Phi) is 5.37. The Labute approximate surface area is 163 Å². The number of nitrogens with one attached hydrogen (secondary N) is 2. The SMILES string of the molecule is Clc1ccccc1COc1ccc(CNCc2nc3ccccc3[nH]2)cc1. The van der Waals surface area contributed by atoms with Gasteiger partial charge < -0.3 is 15.0 Å². The maximum Gasteiger partial charge on any atom is 0.121 e. The maximum atomic E-state index is 6.15. The van der Waals surface area contributed by atoms with Crippen LogP contribution >= 0.6 is 11.6 Å². The van der Waals surface area contributed by atoms with E-state index in [1.807, 2.05) is 60.7 Å². The van der Waals surface area contributed by atoms with Gasteiger partial charge in [-0.3, -0.25) is 0 Å². The molecule has 0 radical (unpaired) electrons. The predicted molar refractivity (Wildman–Crippen MR) is 109 cm³/mol. The maximum absolute atomic E-state index is 6.15. The van der Waals surface area contributed by atoms with Crippen LogP contribution in [-0.4, -0.2) is 9.97 Å². The molecule has 0 spiro atoms. The lowest BCUT2D eigenvalue weighted by molar-refractivity contribution is 0.306. The molecule has 0 aliphatic rings. The molecule has 5 heteroatoms. The van der Waals surface area contributed by atoms with Crippen LogP contribution in [0.3, 0.4) is 0 Å². The number of para-hydroxylation sites is 2. The van der Waals surface area contributed by atoms with Crippen molar-refractivity contribution in [2.45, 2.75) is 19.7 Å². The third-order valence-electron chi connectivity index (χ3n) is 4.34. The predicted octanol–water partition coefficient (Wildman–Crippen LogP) is 5.09. The van der Waals surface area contributed by atoms with Crippen LogP contribution in [0.25, 0.3) is 11.0 Å². The Morgan fingerprint density at radius 2 is 1.67 bits per heavy atom. The van der Waals surface area contributed by atoms with Crippen LogP contribution in [0.15, 0.2) is 72.8 Å². The van der Waals surface area contributed by atoms with Crippen molar-refractivity contribution >= 4 is 22.6 Å². The van der Waals surface area contributed by atoms with Gasteiger partial charge in [-0.05, 0) is 35.9 Å². The lowest BCUT2D eigenvalue weighted by Crippen LogP contribution is -2.13. The third kappa shape index (κ3) is 4.48. The Morgan fingerprint density at radius 3 is 2.48 bits per heavy atom. The summed E-state index contributed by atoms with van der Waals surface area (Å²) in [5.74, 6) is 1.77. The minimum Gasteiger partial charge on any atom is -0.489 e. The van der Waals surface area contributed by atoms with Gasteiger partial charge in [-0.1, -0.05) is 54.1 Å². The molecule has 0 saturated carbocycles. The number of hydrogen-bond acceptors (Lipinski definition) is 3. The van der Waals surface area contributed by atoms with Gasteiger partial charge >= 0.3 is 0 Å². The number of halogens is 1. The number of aromatic nitrogens is 2. The topological polar surface area (TPSA) is 49.9 Å². The van der Waals surface area contributed by atoms with E-state index >= 15 is 0 Å². The highest BCUT2D eigenvalue weighted by Gasteiger charge is 2.03. The van der Waals surface area contributed by atoms with Crippen molar-refractivity contribution < 1.29 is 4.74 Å². The lowest BCUT2D eigenvalue weighted by atomic mass is 10.2. The van der Waals surface area contributed by atoms with Gasteiger partial charge in [0.15, 0.2) is 0 Å². The smallest absolute Gasteiger partial charge is 0.121 e. The summed E-state index contributed by atoms with van der Waals surface area (Å²) in [5, 5.41) is 4.14. The summed E-state index contributed by atoms with van der Waals surface area (Å²) < 4.78 is 5.82. The lowest BCUT2D eigenvalue weighted by Gasteiger charge is -2.09. The molecule has 0 atom stereocenters. The Bertz CT molecular complexity index is 994. The number of fused-ring (bicyclic) bond motifs is 1. The van der Waals surface area contributed by atoms with Crippen LogP contribution in [0.5, 0.6) is 5.75 Å². The van der Waals surface area contributed by atoms with Gasteiger partial charge in [0, 0.05) is 17.1 Å². The molecule has 1 aromatic heterocycles. The second-order valence-electron chi connectivity index (χ2n) is 6.33. The highest BCUT2D eigenvalue weighted by molar-refractivity contribution is 6.31. The van der Waals surface area contributed by atoms with Crippen LogP contribution in [0.1, 0.15) is 17.0 Å². The van der Waals surface area contributed by atoms with Crippen LogP contribution < -0.4 is 10.1 Å². The molecule has 2 N–H and O–H groups in total. The molecule has 4 nitrogen and oxygen atoms in total. The molecule has 4 rings (SSSR count). The summed E-state index contributed by atoms with van der Waals surface area (Å²) in [6.07, 6.45) is 0. The number of hydrogen-bond donors (Lipinski definition) is 2. The molecule has 0 aliphatic carbocycles. The van der Waals surface area contributed by atoms with E-state index in [4.69, 9.17) is 16.3 Å². The molecule has 0 unspecified atom stereocenters. The van der Waals surface area contributed by atoms with Gasteiger partial charge in [-0.2, -0.15) is 0 Å². The van der Waals surface area contributed by atoms with Crippen molar-refractivity contribution in [2.75, 3.05) is 0 Å². The molecule has 136 valence electrons. The van der Waals surface area contributed by atoms with Crippen molar-refractivity contribution in [1.82, 2.24) is 15.3 Å². The van der Waals surface area contributed by atoms with E-state index in [-0.39, 0.29) is 0 Å². The standard InChI is InChI=1S/C22H20ClN3O/c23-19-6-2-1-5-17(19)15-27-18-11-9-16(10-12-18)13-24-14-22-25-20-7-3-4-8-21(20)26-22/h1-12,24H,13-15H2,(H,25,26). The average Bonchev–Trinajstić information content (AvgIpc) is 3.11. The second-order valence-corrected chi connectivity index (χ2v) is 6.74. The average molecular weight is 378 g/mol. The quantitative estimate of drug-likeness (QED) is 0.472. The Hall–Kier alpha value is -2.82. The van der Waals surface area contributed by atoms with E-state index in [0.29, 0.717) is 13.2 Å². The zero-order valence-corrected chi connectivity index (χ0v) is 15.5. The number of rotatable bonds is 7. The zero-order chi connectivity index (χ0) is 18.5. The van der Waals surface area contributed by atoms with Gasteiger partial charge in [-0.25, -0.2) is 4.98 Å². The van der Waals surface area contributed by atoms with Gasteiger partial charge in [0.05, 0.1) is 17.6 Å². The Morgan fingerprint density at radius 1 is 0.889 bits per heavy atom. The van der Waals surface area contributed by atoms with Crippen molar-refractivity contribution in [3.8, 4) is 5.75 Å². The number of imidazole rings is 1. The Balaban J connectivity index is 1.28. The van der Waals surface area contributed by atoms with Crippen molar-refractivity contribution in [3.63, 3.8) is 0 Å². The summed E-state index contributed by atoms with van der Waals surface area (Å²) >= 11 is 6.15. The fourth-order valence-electron chi connectivity index (χ4n) is 2.89. The van der Waals surface area contributed by atoms with E-state index in [1.54, 1.807) is 0 Å². The number of H-pyrrole nitrogens is 1. The molecule has 0 saturated heterocycles. The van der Waals surface area contributed by atoms with Crippen LogP contribution in [0.2, 0.25) is 5.02 Å². The molecule has 0 aliphatic heterocycles. The van der Waals surface area contributed by atoms with Gasteiger partial charge in [0.25, 0.3) is 0 Å². The first kappa shape index (κ1) is 17.6. The number of aromatic amines is 1. The number of benzene rings is 3. The molecular formula is C22H20ClN3O. The van der Waals surface area contributed by atoms with Crippen LogP contribution in [0, 0.1) is 0 Å². The molecule has 4 aromatic rings. The number of ether oxygens (including phenoxy) is 1. The van der Waals surface area contributed by atoms with Crippen molar-refractivity contribution in [1.29, 1.82) is 0 Å². The summed E-state index contributed by atoms with van der Waals surface area (Å²) in [6.45, 7) is 1.92. The largest absolute Gasteiger partial charge is 0.489 e. The fourth-order valence-corrected chi connectivity index (χ4v) is 3.08. The second kappa shape index (κ2) is 8.25. The summed E-state index contributed by atoms with van der Waals surface area (Å²) in [7, 11) is 0. The third-order valence-corrected chi connectivity index (χ3v) is 4.70. The minimum atomic E-state index is 0.462. The first-order valence-corrected chi connectivity index (χ1v) is 9.25. The normalized spacial score (nSPS) is 11.0. The zero-order valence-electron chi connectivity index (χ0n) is 14.8. The summed E-state index contributed by atoms with van der Waals surface area (Å²) in [4.78, 5) is 7.89. The van der Waals surface area contributed by atoms with E-state index in [0.717, 1.165) is 39.7 Å². The minimum absolute atomic E-state index is 0.462. The van der Waals surface area contributed by atoms with Gasteiger partial charge in [0.2, 0.25) is 0 Å². The molecule has 1 heterocycles. The molecule has 27 heavy (non-hydrogen) atoms. The molecule has 3 aromatic carbocycles. The molecule has 0 amide bonds. The monoisotopic (exact) mass is 377 g/mol. The van der Waals surface area contributed by atoms with Gasteiger partial charge in [-0.15, -0.1) is 0 Å². The molecule has 0 fully saturated rings. The summed E-state index contributed by atoms with van der Waals surface area (Å²) in [6, 6.07) is 23.9. The van der Waals surface area contributed by atoms with Crippen molar-refractivity contribution in [3.05, 3.63) is 94.8 Å². The van der Waals surface area contributed by atoms with E-state index < -0.39 is 0 Å². The number of nitrogens with zero attached hydrogens (tertiary/aromatic N) is 1. The van der Waals surface area contributed by atoms with Gasteiger partial charge in [0.1, 0.15) is 18.2 Å². The van der Waals surface area contributed by atoms with E-state index in [2.05, 4.69) is 27.4 Å². The van der Waals surface area contributed by atoms with Crippen molar-refractivity contribution in [2.24, 2.45) is 0 Å². The summed E-state index contributed by atoms with van der Waals surface area (Å²) in [5.41, 5.74) is 4.23. The van der Waals surface area contributed by atoms with Crippen LogP contribution in [-0.2, 0) is 19.7 Å².